The quantitative estimate of drug-likeness (QED) is 0.929. The molecule has 0 unspecified atom stereocenters. The molecule has 0 aromatic heterocycles. The predicted octanol–water partition coefficient (Wildman–Crippen LogP) is 3.46. The number of likely N-dealkylation sites (tertiary alicyclic amines) is 1. The van der Waals surface area contributed by atoms with Crippen molar-refractivity contribution in [3.63, 3.8) is 0 Å². The molecule has 1 aromatic carbocycles. The number of benzene rings is 1. The van der Waals surface area contributed by atoms with E-state index in [0.717, 1.165) is 32.4 Å². The molecule has 122 valence electrons. The Kier molecular flexibility index (Phi) is 5.28. The molecule has 0 saturated carbocycles. The second-order valence-corrected chi connectivity index (χ2v) is 7.76. The Balaban J connectivity index is 2.13. The van der Waals surface area contributed by atoms with E-state index < -0.39 is 0 Å². The molecule has 1 fully saturated rings. The van der Waals surface area contributed by atoms with E-state index in [9.17, 15) is 4.79 Å². The molecule has 0 radical (unpaired) electrons. The minimum atomic E-state index is 0.193. The van der Waals surface area contributed by atoms with Crippen LogP contribution >= 0.6 is 0 Å². The maximum absolute atomic E-state index is 11.4. The van der Waals surface area contributed by atoms with Crippen LogP contribution in [0.25, 0.3) is 0 Å². The first-order valence-electron chi connectivity index (χ1n) is 8.37. The van der Waals surface area contributed by atoms with E-state index >= 15 is 0 Å². The van der Waals surface area contributed by atoms with Gasteiger partial charge in [-0.2, -0.15) is 0 Å². The number of nitrogens with two attached hydrogens (primary N) is 1. The van der Waals surface area contributed by atoms with Gasteiger partial charge in [0.15, 0.2) is 0 Å². The summed E-state index contributed by atoms with van der Waals surface area (Å²) >= 11 is 0. The fourth-order valence-corrected chi connectivity index (χ4v) is 3.46. The Morgan fingerprint density at radius 1 is 1.27 bits per heavy atom. The fourth-order valence-electron chi connectivity index (χ4n) is 3.46. The van der Waals surface area contributed by atoms with Crippen LogP contribution in [0, 0.1) is 5.41 Å². The lowest BCUT2D eigenvalue weighted by Gasteiger charge is -2.32. The third kappa shape index (κ3) is 4.33. The van der Waals surface area contributed by atoms with E-state index in [1.807, 2.05) is 4.90 Å². The molecule has 1 aliphatic rings. The molecular formula is C19H30N2O. The highest BCUT2D eigenvalue weighted by Gasteiger charge is 2.23. The van der Waals surface area contributed by atoms with Gasteiger partial charge in [-0.1, -0.05) is 39.0 Å². The van der Waals surface area contributed by atoms with Crippen molar-refractivity contribution in [2.24, 2.45) is 11.1 Å². The highest BCUT2D eigenvalue weighted by molar-refractivity contribution is 5.73. The second-order valence-electron chi connectivity index (χ2n) is 7.76. The summed E-state index contributed by atoms with van der Waals surface area (Å²) in [6.07, 6.45) is 3.17. The summed E-state index contributed by atoms with van der Waals surface area (Å²) in [5.74, 6) is 0.732. The summed E-state index contributed by atoms with van der Waals surface area (Å²) in [5, 5.41) is 0. The average Bonchev–Trinajstić information content (AvgIpc) is 2.45. The number of carbonyl (C=O) groups excluding carboxylic acids is 1. The maximum atomic E-state index is 11.4. The highest BCUT2D eigenvalue weighted by Crippen LogP contribution is 2.32. The summed E-state index contributed by atoms with van der Waals surface area (Å²) in [7, 11) is 0. The molecule has 2 N–H and O–H groups in total. The minimum Gasteiger partial charge on any atom is -0.343 e. The molecular weight excluding hydrogens is 272 g/mol. The van der Waals surface area contributed by atoms with E-state index in [1.54, 1.807) is 6.92 Å². The summed E-state index contributed by atoms with van der Waals surface area (Å²) in [6.45, 7) is 10.8. The Bertz CT molecular complexity index is 523. The lowest BCUT2D eigenvalue weighted by molar-refractivity contribution is -0.129. The topological polar surface area (TPSA) is 46.3 Å². The maximum Gasteiger partial charge on any atom is 0.219 e. The van der Waals surface area contributed by atoms with Gasteiger partial charge in [0, 0.05) is 26.6 Å². The summed E-state index contributed by atoms with van der Waals surface area (Å²) in [4.78, 5) is 13.4. The largest absolute Gasteiger partial charge is 0.343 e. The SMILES string of the molecule is CC(=O)N1CCC(c2ccc(CC(C)(C)C)cc2CN)CC1. The molecule has 1 amide bonds. The molecule has 1 heterocycles. The zero-order valence-electron chi connectivity index (χ0n) is 14.5. The van der Waals surface area contributed by atoms with Crippen molar-refractivity contribution in [2.45, 2.75) is 59.4 Å². The fraction of sp³-hybridized carbons (Fsp3) is 0.632. The van der Waals surface area contributed by atoms with Gasteiger partial charge in [0.2, 0.25) is 5.91 Å². The lowest BCUT2D eigenvalue weighted by Crippen LogP contribution is -2.36. The van der Waals surface area contributed by atoms with E-state index in [0.29, 0.717) is 17.9 Å². The smallest absolute Gasteiger partial charge is 0.219 e. The van der Waals surface area contributed by atoms with Crippen molar-refractivity contribution in [3.05, 3.63) is 34.9 Å². The lowest BCUT2D eigenvalue weighted by atomic mass is 9.83. The van der Waals surface area contributed by atoms with Crippen molar-refractivity contribution in [1.82, 2.24) is 4.90 Å². The van der Waals surface area contributed by atoms with Crippen LogP contribution in [0.2, 0.25) is 0 Å². The summed E-state index contributed by atoms with van der Waals surface area (Å²) in [6, 6.07) is 6.83. The molecule has 0 atom stereocenters. The van der Waals surface area contributed by atoms with Crippen LogP contribution < -0.4 is 5.73 Å². The molecule has 3 nitrogen and oxygen atoms in total. The number of rotatable bonds is 3. The van der Waals surface area contributed by atoms with Gasteiger partial charge in [0.25, 0.3) is 0 Å². The van der Waals surface area contributed by atoms with E-state index in [1.165, 1.54) is 16.7 Å². The third-order valence-electron chi connectivity index (χ3n) is 4.54. The van der Waals surface area contributed by atoms with Gasteiger partial charge in [0.1, 0.15) is 0 Å². The molecule has 0 spiro atoms. The Morgan fingerprint density at radius 3 is 2.41 bits per heavy atom. The van der Waals surface area contributed by atoms with Crippen LogP contribution in [-0.4, -0.2) is 23.9 Å². The van der Waals surface area contributed by atoms with Gasteiger partial charge in [-0.25, -0.2) is 0 Å². The molecule has 3 heteroatoms. The molecule has 22 heavy (non-hydrogen) atoms. The average molecular weight is 302 g/mol. The van der Waals surface area contributed by atoms with Gasteiger partial charge < -0.3 is 10.6 Å². The first-order valence-corrected chi connectivity index (χ1v) is 8.37. The number of hydrogen-bond donors (Lipinski definition) is 1. The number of piperidine rings is 1. The number of amides is 1. The number of nitrogens with zero attached hydrogens (tertiary/aromatic N) is 1. The van der Waals surface area contributed by atoms with Crippen molar-refractivity contribution < 1.29 is 4.79 Å². The molecule has 1 saturated heterocycles. The van der Waals surface area contributed by atoms with Gasteiger partial charge in [-0.05, 0) is 47.3 Å². The molecule has 1 aliphatic heterocycles. The zero-order chi connectivity index (χ0) is 16.3. The summed E-state index contributed by atoms with van der Waals surface area (Å²) < 4.78 is 0. The molecule has 1 aromatic rings. The van der Waals surface area contributed by atoms with Crippen LogP contribution in [0.3, 0.4) is 0 Å². The first kappa shape index (κ1) is 17.0. The Morgan fingerprint density at radius 2 is 1.91 bits per heavy atom. The molecule has 0 aliphatic carbocycles. The Labute approximate surface area is 134 Å². The van der Waals surface area contributed by atoms with Crippen molar-refractivity contribution in [2.75, 3.05) is 13.1 Å². The van der Waals surface area contributed by atoms with E-state index in [-0.39, 0.29) is 5.91 Å². The molecule has 0 bridgehead atoms. The predicted molar refractivity (Wildman–Crippen MR) is 91.7 cm³/mol. The third-order valence-corrected chi connectivity index (χ3v) is 4.54. The molecule has 2 rings (SSSR count). The Hall–Kier alpha value is -1.35. The van der Waals surface area contributed by atoms with Crippen LogP contribution in [0.4, 0.5) is 0 Å². The van der Waals surface area contributed by atoms with Crippen molar-refractivity contribution in [1.29, 1.82) is 0 Å². The zero-order valence-corrected chi connectivity index (χ0v) is 14.5. The normalized spacial score (nSPS) is 16.9. The number of carbonyl (C=O) groups is 1. The monoisotopic (exact) mass is 302 g/mol. The number of hydrogen-bond acceptors (Lipinski definition) is 2. The van der Waals surface area contributed by atoms with Gasteiger partial charge in [-0.15, -0.1) is 0 Å². The summed E-state index contributed by atoms with van der Waals surface area (Å²) in [5.41, 5.74) is 10.3. The first-order chi connectivity index (χ1) is 10.3. The van der Waals surface area contributed by atoms with Crippen LogP contribution in [-0.2, 0) is 17.8 Å². The van der Waals surface area contributed by atoms with Crippen LogP contribution in [0.15, 0.2) is 18.2 Å². The van der Waals surface area contributed by atoms with E-state index in [2.05, 4.69) is 39.0 Å². The standard InChI is InChI=1S/C19H30N2O/c1-14(22)21-9-7-16(8-10-21)18-6-5-15(11-17(18)13-20)12-19(2,3)4/h5-6,11,16H,7-10,12-13,20H2,1-4H3. The van der Waals surface area contributed by atoms with E-state index in [4.69, 9.17) is 5.73 Å². The van der Waals surface area contributed by atoms with Crippen molar-refractivity contribution >= 4 is 5.91 Å². The van der Waals surface area contributed by atoms with Gasteiger partial charge in [0.05, 0.1) is 0 Å². The van der Waals surface area contributed by atoms with Crippen LogP contribution in [0.1, 0.15) is 63.1 Å². The van der Waals surface area contributed by atoms with Gasteiger partial charge in [-0.3, -0.25) is 4.79 Å². The van der Waals surface area contributed by atoms with Crippen LogP contribution in [0.5, 0.6) is 0 Å². The van der Waals surface area contributed by atoms with Gasteiger partial charge >= 0.3 is 0 Å². The highest BCUT2D eigenvalue weighted by atomic mass is 16.2. The van der Waals surface area contributed by atoms with Crippen molar-refractivity contribution in [3.8, 4) is 0 Å². The second kappa shape index (κ2) is 6.82. The minimum absolute atomic E-state index is 0.193.